The molecule has 6 nitrogen and oxygen atoms in total. The summed E-state index contributed by atoms with van der Waals surface area (Å²) in [5.41, 5.74) is 0. The molecule has 3 atom stereocenters. The first-order valence-electron chi connectivity index (χ1n) is 28.4. The summed E-state index contributed by atoms with van der Waals surface area (Å²) in [4.78, 5) is 26.2. The number of allylic oxidation sites excluding steroid dienone is 2. The molecule has 0 aromatic carbocycles. The highest BCUT2D eigenvalue weighted by molar-refractivity contribution is 5.77. The van der Waals surface area contributed by atoms with Crippen LogP contribution >= 0.6 is 0 Å². The van der Waals surface area contributed by atoms with Gasteiger partial charge in [-0.05, 0) is 51.4 Å². The van der Waals surface area contributed by atoms with Crippen LogP contribution in [0.3, 0.4) is 0 Å². The number of hydrogen-bond donors (Lipinski definition) is 3. The molecule has 0 aromatic rings. The highest BCUT2D eigenvalue weighted by Gasteiger charge is 2.24. The molecule has 0 heterocycles. The average Bonchev–Trinajstić information content (AvgIpc) is 3.28. The van der Waals surface area contributed by atoms with Crippen molar-refractivity contribution in [2.45, 2.75) is 334 Å². The standard InChI is InChI=1S/C57H111NO5/c1-4-7-10-13-16-19-22-25-27-29-32-34-37-40-43-46-49-55(60)54(52-59)58-56(61)51-53(48-45-42-39-36-33-31-28-26-23-20-17-14-11-8-5-2)63-57(62)50-47-44-41-38-35-30-24-21-18-15-12-9-6-3/h30,35,53-55,59-60H,4-29,31-34,36-52H2,1-3H3,(H,58,61)/b35-30-. The molecule has 0 aliphatic heterocycles. The number of carbonyl (C=O) groups is 2. The smallest absolute Gasteiger partial charge is 0.306 e. The van der Waals surface area contributed by atoms with Gasteiger partial charge in [0.1, 0.15) is 6.10 Å². The van der Waals surface area contributed by atoms with E-state index >= 15 is 0 Å². The van der Waals surface area contributed by atoms with Gasteiger partial charge in [-0.2, -0.15) is 0 Å². The Hall–Kier alpha value is -1.40. The third-order valence-electron chi connectivity index (χ3n) is 13.3. The lowest BCUT2D eigenvalue weighted by molar-refractivity contribution is -0.151. The van der Waals surface area contributed by atoms with Gasteiger partial charge < -0.3 is 20.3 Å². The van der Waals surface area contributed by atoms with Crippen molar-refractivity contribution >= 4 is 11.9 Å². The molecule has 63 heavy (non-hydrogen) atoms. The van der Waals surface area contributed by atoms with Gasteiger partial charge in [-0.3, -0.25) is 9.59 Å². The lowest BCUT2D eigenvalue weighted by Crippen LogP contribution is -2.46. The number of hydrogen-bond acceptors (Lipinski definition) is 5. The van der Waals surface area contributed by atoms with E-state index in [-0.39, 0.29) is 24.9 Å². The molecule has 3 N–H and O–H groups in total. The molecule has 0 aromatic heterocycles. The highest BCUT2D eigenvalue weighted by atomic mass is 16.5. The second-order valence-electron chi connectivity index (χ2n) is 19.7. The van der Waals surface area contributed by atoms with Gasteiger partial charge in [-0.1, -0.05) is 264 Å². The Morgan fingerprint density at radius 3 is 1.13 bits per heavy atom. The zero-order valence-electron chi connectivity index (χ0n) is 42.7. The second kappa shape index (κ2) is 51.6. The van der Waals surface area contributed by atoms with Crippen molar-refractivity contribution in [1.82, 2.24) is 5.32 Å². The number of carbonyl (C=O) groups excluding carboxylic acids is 2. The van der Waals surface area contributed by atoms with Crippen LogP contribution in [0.15, 0.2) is 12.2 Å². The average molecular weight is 891 g/mol. The Bertz CT molecular complexity index is 955. The summed E-state index contributed by atoms with van der Waals surface area (Å²) >= 11 is 0. The molecule has 0 radical (unpaired) electrons. The van der Waals surface area contributed by atoms with E-state index in [0.29, 0.717) is 19.3 Å². The second-order valence-corrected chi connectivity index (χ2v) is 19.7. The van der Waals surface area contributed by atoms with E-state index in [1.807, 2.05) is 0 Å². The quantitative estimate of drug-likeness (QED) is 0.0321. The van der Waals surface area contributed by atoms with Crippen molar-refractivity contribution in [3.63, 3.8) is 0 Å². The van der Waals surface area contributed by atoms with Gasteiger partial charge in [0.2, 0.25) is 5.91 Å². The number of ether oxygens (including phenoxy) is 1. The van der Waals surface area contributed by atoms with Crippen LogP contribution in [0, 0.1) is 0 Å². The minimum atomic E-state index is -0.785. The molecule has 0 saturated heterocycles. The van der Waals surface area contributed by atoms with Gasteiger partial charge in [-0.25, -0.2) is 0 Å². The third kappa shape index (κ3) is 46.9. The molecule has 374 valence electrons. The monoisotopic (exact) mass is 890 g/mol. The first kappa shape index (κ1) is 61.6. The fraction of sp³-hybridized carbons (Fsp3) is 0.930. The number of unbranched alkanes of at least 4 members (excludes halogenated alkanes) is 38. The van der Waals surface area contributed by atoms with Gasteiger partial charge in [-0.15, -0.1) is 0 Å². The predicted molar refractivity (Wildman–Crippen MR) is 273 cm³/mol. The van der Waals surface area contributed by atoms with Crippen LogP contribution in [0.4, 0.5) is 0 Å². The predicted octanol–water partition coefficient (Wildman–Crippen LogP) is 17.3. The lowest BCUT2D eigenvalue weighted by Gasteiger charge is -2.24. The first-order valence-corrected chi connectivity index (χ1v) is 28.4. The molecule has 0 saturated carbocycles. The van der Waals surface area contributed by atoms with Crippen molar-refractivity contribution in [1.29, 1.82) is 0 Å². The molecule has 0 fully saturated rings. The van der Waals surface area contributed by atoms with E-state index in [1.54, 1.807) is 0 Å². The molecule has 0 aliphatic carbocycles. The van der Waals surface area contributed by atoms with Crippen molar-refractivity contribution < 1.29 is 24.5 Å². The lowest BCUT2D eigenvalue weighted by atomic mass is 10.0. The normalized spacial score (nSPS) is 13.2. The fourth-order valence-corrected chi connectivity index (χ4v) is 9.02. The van der Waals surface area contributed by atoms with Gasteiger partial charge in [0.15, 0.2) is 0 Å². The van der Waals surface area contributed by atoms with Crippen LogP contribution in [-0.4, -0.2) is 46.9 Å². The van der Waals surface area contributed by atoms with Crippen molar-refractivity contribution in [2.75, 3.05) is 6.61 Å². The van der Waals surface area contributed by atoms with Crippen LogP contribution in [-0.2, 0) is 14.3 Å². The van der Waals surface area contributed by atoms with E-state index in [0.717, 1.165) is 51.4 Å². The highest BCUT2D eigenvalue weighted by Crippen LogP contribution is 2.19. The van der Waals surface area contributed by atoms with E-state index < -0.39 is 18.2 Å². The molecular weight excluding hydrogens is 779 g/mol. The van der Waals surface area contributed by atoms with Crippen LogP contribution < -0.4 is 5.32 Å². The maximum absolute atomic E-state index is 13.2. The Kier molecular flexibility index (Phi) is 50.4. The molecule has 6 heteroatoms. The number of esters is 1. The molecule has 0 bridgehead atoms. The third-order valence-corrected chi connectivity index (χ3v) is 13.3. The van der Waals surface area contributed by atoms with Crippen LogP contribution in [0.5, 0.6) is 0 Å². The van der Waals surface area contributed by atoms with Crippen molar-refractivity contribution in [3.05, 3.63) is 12.2 Å². The number of nitrogens with one attached hydrogen (secondary N) is 1. The first-order chi connectivity index (χ1) is 31.0. The largest absolute Gasteiger partial charge is 0.462 e. The Balaban J connectivity index is 4.51. The minimum absolute atomic E-state index is 0.0794. The van der Waals surface area contributed by atoms with Gasteiger partial charge in [0.25, 0.3) is 0 Å². The summed E-state index contributed by atoms with van der Waals surface area (Å²) in [5, 5.41) is 23.9. The van der Waals surface area contributed by atoms with Gasteiger partial charge in [0, 0.05) is 6.42 Å². The Labute approximate surface area is 393 Å². The van der Waals surface area contributed by atoms with Crippen molar-refractivity contribution in [2.24, 2.45) is 0 Å². The summed E-state index contributed by atoms with van der Waals surface area (Å²) < 4.78 is 5.95. The molecule has 0 aliphatic rings. The molecule has 0 spiro atoms. The summed E-state index contributed by atoms with van der Waals surface area (Å²) in [6.45, 7) is 6.52. The Morgan fingerprint density at radius 1 is 0.444 bits per heavy atom. The molecule has 0 rings (SSSR count). The van der Waals surface area contributed by atoms with E-state index in [1.165, 1.54) is 218 Å². The van der Waals surface area contributed by atoms with Crippen molar-refractivity contribution in [3.8, 4) is 0 Å². The number of amides is 1. The minimum Gasteiger partial charge on any atom is -0.462 e. The summed E-state index contributed by atoms with van der Waals surface area (Å²) in [7, 11) is 0. The van der Waals surface area contributed by atoms with Crippen LogP contribution in [0.1, 0.15) is 316 Å². The molecule has 3 unspecified atom stereocenters. The van der Waals surface area contributed by atoms with Gasteiger partial charge >= 0.3 is 5.97 Å². The van der Waals surface area contributed by atoms with Gasteiger partial charge in [0.05, 0.1) is 25.2 Å². The van der Waals surface area contributed by atoms with E-state index in [2.05, 4.69) is 38.2 Å². The zero-order valence-corrected chi connectivity index (χ0v) is 42.7. The Morgan fingerprint density at radius 2 is 0.762 bits per heavy atom. The fourth-order valence-electron chi connectivity index (χ4n) is 9.02. The zero-order chi connectivity index (χ0) is 45.9. The SMILES string of the molecule is CCCCCCCC/C=C\CCCCCC(=O)OC(CCCCCCCCCCCCCCCCC)CC(=O)NC(CO)C(O)CCCCCCCCCCCCCCCCCC. The van der Waals surface area contributed by atoms with Crippen LogP contribution in [0.25, 0.3) is 0 Å². The summed E-state index contributed by atoms with van der Waals surface area (Å²) in [5.74, 6) is -0.471. The topological polar surface area (TPSA) is 95.9 Å². The molecule has 1 amide bonds. The maximum Gasteiger partial charge on any atom is 0.306 e. The molecular formula is C57H111NO5. The number of aliphatic hydroxyl groups is 2. The summed E-state index contributed by atoms with van der Waals surface area (Å²) in [6.07, 6.45) is 58.5. The number of aliphatic hydroxyl groups excluding tert-OH is 2. The van der Waals surface area contributed by atoms with E-state index in [4.69, 9.17) is 4.74 Å². The summed E-state index contributed by atoms with van der Waals surface area (Å²) in [6, 6.07) is -0.698. The van der Waals surface area contributed by atoms with Crippen LogP contribution in [0.2, 0.25) is 0 Å². The maximum atomic E-state index is 13.2. The number of rotatable bonds is 52. The van der Waals surface area contributed by atoms with E-state index in [9.17, 15) is 19.8 Å².